The summed E-state index contributed by atoms with van der Waals surface area (Å²) in [6.45, 7) is 2.98. The summed E-state index contributed by atoms with van der Waals surface area (Å²) in [7, 11) is 0. The molecular formula is C17H20FN3O3. The topological polar surface area (TPSA) is 78.5 Å². The predicted molar refractivity (Wildman–Crippen MR) is 84.3 cm³/mol. The van der Waals surface area contributed by atoms with Gasteiger partial charge in [0.2, 0.25) is 5.91 Å². The molecule has 2 N–H and O–H groups in total. The fraction of sp³-hybridized carbons (Fsp3) is 0.471. The Hall–Kier alpha value is -2.44. The number of hydrogen-bond acceptors (Lipinski definition) is 3. The monoisotopic (exact) mass is 333 g/mol. The zero-order valence-corrected chi connectivity index (χ0v) is 13.6. The van der Waals surface area contributed by atoms with Crippen molar-refractivity contribution in [1.29, 1.82) is 0 Å². The maximum absolute atomic E-state index is 14.0. The number of imide groups is 1. The third kappa shape index (κ3) is 2.86. The van der Waals surface area contributed by atoms with Gasteiger partial charge in [-0.3, -0.25) is 14.5 Å². The highest BCUT2D eigenvalue weighted by Crippen LogP contribution is 2.32. The Morgan fingerprint density at radius 3 is 2.71 bits per heavy atom. The van der Waals surface area contributed by atoms with Gasteiger partial charge >= 0.3 is 6.03 Å². The molecule has 1 aliphatic heterocycles. The van der Waals surface area contributed by atoms with Crippen LogP contribution in [0, 0.1) is 11.7 Å². The van der Waals surface area contributed by atoms with Crippen LogP contribution >= 0.6 is 0 Å². The Labute approximate surface area is 139 Å². The quantitative estimate of drug-likeness (QED) is 0.802. The highest BCUT2D eigenvalue weighted by Gasteiger charge is 2.50. The second-order valence-electron chi connectivity index (χ2n) is 6.62. The van der Waals surface area contributed by atoms with Crippen LogP contribution in [0.5, 0.6) is 0 Å². The number of nitrogens with zero attached hydrogens (tertiary/aromatic N) is 1. The molecule has 1 saturated heterocycles. The molecule has 1 heterocycles. The lowest BCUT2D eigenvalue weighted by molar-refractivity contribution is -0.135. The van der Waals surface area contributed by atoms with E-state index in [2.05, 4.69) is 10.6 Å². The van der Waals surface area contributed by atoms with Crippen molar-refractivity contribution in [3.63, 3.8) is 0 Å². The number of rotatable bonds is 5. The molecule has 24 heavy (non-hydrogen) atoms. The van der Waals surface area contributed by atoms with E-state index in [0.717, 1.165) is 17.7 Å². The van der Waals surface area contributed by atoms with E-state index in [1.165, 1.54) is 25.1 Å². The lowest BCUT2D eigenvalue weighted by Crippen LogP contribution is -2.45. The van der Waals surface area contributed by atoms with E-state index in [1.54, 1.807) is 6.07 Å². The Morgan fingerprint density at radius 1 is 1.42 bits per heavy atom. The minimum Gasteiger partial charge on any atom is -0.352 e. The van der Waals surface area contributed by atoms with Crippen molar-refractivity contribution in [3.05, 3.63) is 35.6 Å². The summed E-state index contributed by atoms with van der Waals surface area (Å²) in [5.74, 6) is -1.13. The molecule has 7 heteroatoms. The predicted octanol–water partition coefficient (Wildman–Crippen LogP) is 1.51. The fourth-order valence-corrected chi connectivity index (χ4v) is 3.05. The molecule has 0 aromatic heterocycles. The minimum absolute atomic E-state index is 0.0243. The molecule has 2 aliphatic rings. The van der Waals surface area contributed by atoms with Gasteiger partial charge in [0.25, 0.3) is 5.91 Å². The Kier molecular flexibility index (Phi) is 4.03. The fourth-order valence-electron chi connectivity index (χ4n) is 3.05. The molecule has 1 saturated carbocycles. The maximum atomic E-state index is 14.0. The SMILES string of the molecule is CC(NC(=O)CN1C(=O)NC(C)(c2ccccc2F)C1=O)C1CC1. The molecule has 2 unspecified atom stereocenters. The van der Waals surface area contributed by atoms with Crippen LogP contribution in [-0.2, 0) is 15.1 Å². The third-order valence-corrected chi connectivity index (χ3v) is 4.71. The highest BCUT2D eigenvalue weighted by molar-refractivity contribution is 6.09. The van der Waals surface area contributed by atoms with E-state index in [4.69, 9.17) is 0 Å². The van der Waals surface area contributed by atoms with Crippen molar-refractivity contribution in [2.45, 2.75) is 38.3 Å². The summed E-state index contributed by atoms with van der Waals surface area (Å²) >= 11 is 0. The lowest BCUT2D eigenvalue weighted by atomic mass is 9.91. The van der Waals surface area contributed by atoms with Gasteiger partial charge in [-0.1, -0.05) is 18.2 Å². The highest BCUT2D eigenvalue weighted by atomic mass is 19.1. The van der Waals surface area contributed by atoms with Gasteiger partial charge in [0.05, 0.1) is 0 Å². The van der Waals surface area contributed by atoms with E-state index in [9.17, 15) is 18.8 Å². The third-order valence-electron chi connectivity index (χ3n) is 4.71. The summed E-state index contributed by atoms with van der Waals surface area (Å²) in [5, 5.41) is 5.30. The van der Waals surface area contributed by atoms with E-state index in [-0.39, 0.29) is 18.2 Å². The molecule has 0 radical (unpaired) electrons. The number of halogens is 1. The van der Waals surface area contributed by atoms with E-state index < -0.39 is 29.2 Å². The Balaban J connectivity index is 1.74. The van der Waals surface area contributed by atoms with Crippen LogP contribution in [0.2, 0.25) is 0 Å². The van der Waals surface area contributed by atoms with Crippen LogP contribution in [0.25, 0.3) is 0 Å². The summed E-state index contributed by atoms with van der Waals surface area (Å²) in [5.41, 5.74) is -1.43. The van der Waals surface area contributed by atoms with Crippen LogP contribution in [0.1, 0.15) is 32.3 Å². The van der Waals surface area contributed by atoms with Crippen LogP contribution < -0.4 is 10.6 Å². The molecule has 4 amide bonds. The zero-order chi connectivity index (χ0) is 17.5. The first-order valence-electron chi connectivity index (χ1n) is 8.01. The number of benzene rings is 1. The minimum atomic E-state index is -1.51. The summed E-state index contributed by atoms with van der Waals surface area (Å²) in [4.78, 5) is 37.7. The van der Waals surface area contributed by atoms with Crippen molar-refractivity contribution >= 4 is 17.8 Å². The molecule has 2 atom stereocenters. The Bertz CT molecular complexity index is 704. The van der Waals surface area contributed by atoms with Crippen LogP contribution in [0.15, 0.2) is 24.3 Å². The second-order valence-corrected chi connectivity index (χ2v) is 6.62. The molecule has 1 aliphatic carbocycles. The van der Waals surface area contributed by atoms with Gasteiger partial charge in [-0.25, -0.2) is 9.18 Å². The first-order chi connectivity index (χ1) is 11.3. The molecule has 128 valence electrons. The van der Waals surface area contributed by atoms with Crippen molar-refractivity contribution in [2.75, 3.05) is 6.54 Å². The van der Waals surface area contributed by atoms with Crippen LogP contribution in [-0.4, -0.2) is 35.3 Å². The maximum Gasteiger partial charge on any atom is 0.325 e. The Morgan fingerprint density at radius 2 is 2.08 bits per heavy atom. The van der Waals surface area contributed by atoms with Gasteiger partial charge in [-0.05, 0) is 38.7 Å². The molecule has 1 aromatic carbocycles. The normalized spacial score (nSPS) is 24.7. The van der Waals surface area contributed by atoms with Crippen molar-refractivity contribution in [2.24, 2.45) is 5.92 Å². The van der Waals surface area contributed by atoms with E-state index >= 15 is 0 Å². The zero-order valence-electron chi connectivity index (χ0n) is 13.6. The standard InChI is InChI=1S/C17H20FN3O3/c1-10(11-7-8-11)19-14(22)9-21-15(23)17(2,20-16(21)24)12-5-3-4-6-13(12)18/h3-6,10-11H,7-9H2,1-2H3,(H,19,22)(H,20,24). The smallest absolute Gasteiger partial charge is 0.325 e. The molecule has 0 spiro atoms. The van der Waals surface area contributed by atoms with Gasteiger partial charge in [-0.2, -0.15) is 0 Å². The number of nitrogens with one attached hydrogen (secondary N) is 2. The largest absolute Gasteiger partial charge is 0.352 e. The van der Waals surface area contributed by atoms with Gasteiger partial charge < -0.3 is 10.6 Å². The number of urea groups is 1. The molecule has 3 rings (SSSR count). The van der Waals surface area contributed by atoms with Gasteiger partial charge in [-0.15, -0.1) is 0 Å². The number of amides is 4. The first kappa shape index (κ1) is 16.4. The summed E-state index contributed by atoms with van der Waals surface area (Å²) in [6, 6.07) is 5.11. The van der Waals surface area contributed by atoms with Gasteiger partial charge in [0.15, 0.2) is 0 Å². The molecule has 6 nitrogen and oxygen atoms in total. The van der Waals surface area contributed by atoms with Crippen molar-refractivity contribution in [1.82, 2.24) is 15.5 Å². The molecule has 0 bridgehead atoms. The molecule has 2 fully saturated rings. The second kappa shape index (κ2) is 5.89. The number of carbonyl (C=O) groups is 3. The van der Waals surface area contributed by atoms with Crippen molar-refractivity contribution < 1.29 is 18.8 Å². The number of hydrogen-bond donors (Lipinski definition) is 2. The lowest BCUT2D eigenvalue weighted by Gasteiger charge is -2.22. The molecule has 1 aromatic rings. The average molecular weight is 333 g/mol. The van der Waals surface area contributed by atoms with Crippen molar-refractivity contribution in [3.8, 4) is 0 Å². The average Bonchev–Trinajstić information content (AvgIpc) is 3.33. The van der Waals surface area contributed by atoms with Gasteiger partial charge in [0, 0.05) is 11.6 Å². The number of carbonyl (C=O) groups excluding carboxylic acids is 3. The summed E-state index contributed by atoms with van der Waals surface area (Å²) < 4.78 is 14.0. The van der Waals surface area contributed by atoms with Gasteiger partial charge in [0.1, 0.15) is 17.9 Å². The van der Waals surface area contributed by atoms with E-state index in [1.807, 2.05) is 6.92 Å². The van der Waals surface area contributed by atoms with Crippen LogP contribution in [0.4, 0.5) is 9.18 Å². The first-order valence-corrected chi connectivity index (χ1v) is 8.01. The van der Waals surface area contributed by atoms with E-state index in [0.29, 0.717) is 5.92 Å². The van der Waals surface area contributed by atoms with Crippen LogP contribution in [0.3, 0.4) is 0 Å². The summed E-state index contributed by atoms with van der Waals surface area (Å²) in [6.07, 6.45) is 2.16. The molecular weight excluding hydrogens is 313 g/mol.